The molecule has 0 aliphatic carbocycles. The molecule has 1 aliphatic heterocycles. The van der Waals surface area contributed by atoms with Crippen molar-refractivity contribution in [3.63, 3.8) is 0 Å². The molecule has 1 saturated heterocycles. The van der Waals surface area contributed by atoms with Crippen LogP contribution in [0, 0.1) is 5.41 Å². The summed E-state index contributed by atoms with van der Waals surface area (Å²) in [6.45, 7) is 1.75. The van der Waals surface area contributed by atoms with Gasteiger partial charge in [0, 0.05) is 18.7 Å². The van der Waals surface area contributed by atoms with Crippen molar-refractivity contribution in [2.45, 2.75) is 0 Å². The van der Waals surface area contributed by atoms with E-state index in [1.807, 2.05) is 18.2 Å². The van der Waals surface area contributed by atoms with Gasteiger partial charge in [0.15, 0.2) is 5.96 Å². The van der Waals surface area contributed by atoms with Gasteiger partial charge in [-0.2, -0.15) is 0 Å². The Kier molecular flexibility index (Phi) is 2.53. The first-order valence-corrected chi connectivity index (χ1v) is 4.77. The number of aliphatic imine (C=N–C) groups is 1. The van der Waals surface area contributed by atoms with Gasteiger partial charge in [0.2, 0.25) is 0 Å². The number of nitrogens with one attached hydrogen (secondary N) is 3. The number of nitrogen functional groups attached to an aromatic ring is 1. The fraction of sp³-hybridized carbons (Fsp3) is 0.200. The summed E-state index contributed by atoms with van der Waals surface area (Å²) in [5.74, 6) is 0.775. The molecule has 5 heteroatoms. The number of benzene rings is 1. The van der Waals surface area contributed by atoms with Crippen molar-refractivity contribution in [2.24, 2.45) is 10.7 Å². The van der Waals surface area contributed by atoms with E-state index in [0.717, 1.165) is 19.0 Å². The van der Waals surface area contributed by atoms with Crippen LogP contribution in [0.2, 0.25) is 0 Å². The predicted molar refractivity (Wildman–Crippen MR) is 60.6 cm³/mol. The van der Waals surface area contributed by atoms with Crippen molar-refractivity contribution in [1.29, 1.82) is 5.41 Å². The number of amidine groups is 1. The molecule has 0 saturated carbocycles. The molecule has 0 spiro atoms. The standard InChI is InChI=1S/C10H13N5/c11-9(12)7-3-1-2-4-8(7)15-10-13-5-6-14-10/h1-4H,5-6H2,(H3,11,12)(H2,13,14,15). The Hall–Kier alpha value is -2.04. The maximum absolute atomic E-state index is 7.42. The van der Waals surface area contributed by atoms with Crippen LogP contribution < -0.4 is 16.4 Å². The monoisotopic (exact) mass is 203 g/mol. The molecule has 0 bridgehead atoms. The van der Waals surface area contributed by atoms with Crippen LogP contribution in [-0.2, 0) is 0 Å². The third-order valence-corrected chi connectivity index (χ3v) is 2.14. The van der Waals surface area contributed by atoms with E-state index < -0.39 is 0 Å². The number of nitrogens with two attached hydrogens (primary N) is 1. The molecule has 0 amide bonds. The van der Waals surface area contributed by atoms with Crippen molar-refractivity contribution in [3.8, 4) is 0 Å². The second-order valence-electron chi connectivity index (χ2n) is 3.24. The highest BCUT2D eigenvalue weighted by atomic mass is 15.2. The molecule has 1 aromatic carbocycles. The lowest BCUT2D eigenvalue weighted by molar-refractivity contribution is 0.942. The summed E-state index contributed by atoms with van der Waals surface area (Å²) in [5.41, 5.74) is 6.83. The molecule has 2 rings (SSSR count). The Balaban J connectivity index is 2.34. The minimum Gasteiger partial charge on any atom is -0.384 e. The highest BCUT2D eigenvalue weighted by molar-refractivity contribution is 6.00. The lowest BCUT2D eigenvalue weighted by Crippen LogP contribution is -2.23. The summed E-state index contributed by atoms with van der Waals surface area (Å²) < 4.78 is 0. The van der Waals surface area contributed by atoms with Crippen molar-refractivity contribution >= 4 is 17.5 Å². The quantitative estimate of drug-likeness (QED) is 0.407. The molecule has 5 N–H and O–H groups in total. The Bertz CT molecular complexity index is 402. The SMILES string of the molecule is N=C(N)c1ccccc1N=C1NCCN1. The zero-order chi connectivity index (χ0) is 10.7. The summed E-state index contributed by atoms with van der Waals surface area (Å²) in [5, 5.41) is 13.6. The van der Waals surface area contributed by atoms with Crippen molar-refractivity contribution in [1.82, 2.24) is 10.6 Å². The fourth-order valence-electron chi connectivity index (χ4n) is 1.42. The zero-order valence-corrected chi connectivity index (χ0v) is 8.25. The van der Waals surface area contributed by atoms with E-state index in [1.54, 1.807) is 6.07 Å². The van der Waals surface area contributed by atoms with E-state index in [4.69, 9.17) is 11.1 Å². The molecular weight excluding hydrogens is 190 g/mol. The van der Waals surface area contributed by atoms with Crippen LogP contribution in [0.25, 0.3) is 0 Å². The van der Waals surface area contributed by atoms with Gasteiger partial charge in [0.25, 0.3) is 0 Å². The second kappa shape index (κ2) is 4.00. The summed E-state index contributed by atoms with van der Waals surface area (Å²) >= 11 is 0. The molecule has 1 aromatic rings. The Morgan fingerprint density at radius 1 is 1.27 bits per heavy atom. The summed E-state index contributed by atoms with van der Waals surface area (Å²) in [7, 11) is 0. The van der Waals surface area contributed by atoms with Gasteiger partial charge in [0.05, 0.1) is 5.69 Å². The van der Waals surface area contributed by atoms with Crippen LogP contribution in [0.5, 0.6) is 0 Å². The number of hydrogen-bond acceptors (Lipinski definition) is 2. The minimum absolute atomic E-state index is 0.0351. The molecule has 1 fully saturated rings. The molecule has 1 aliphatic rings. The number of rotatable bonds is 2. The lowest BCUT2D eigenvalue weighted by Gasteiger charge is -2.04. The Morgan fingerprint density at radius 2 is 1.93 bits per heavy atom. The van der Waals surface area contributed by atoms with Crippen molar-refractivity contribution in [3.05, 3.63) is 29.8 Å². The van der Waals surface area contributed by atoms with Crippen LogP contribution in [0.1, 0.15) is 5.56 Å². The van der Waals surface area contributed by atoms with Crippen LogP contribution in [-0.4, -0.2) is 24.9 Å². The van der Waals surface area contributed by atoms with Gasteiger partial charge < -0.3 is 16.4 Å². The summed E-state index contributed by atoms with van der Waals surface area (Å²) in [6, 6.07) is 7.35. The largest absolute Gasteiger partial charge is 0.384 e. The first kappa shape index (κ1) is 9.51. The highest BCUT2D eigenvalue weighted by Gasteiger charge is 2.08. The van der Waals surface area contributed by atoms with Gasteiger partial charge in [-0.25, -0.2) is 4.99 Å². The van der Waals surface area contributed by atoms with E-state index in [9.17, 15) is 0 Å². The van der Waals surface area contributed by atoms with E-state index >= 15 is 0 Å². The van der Waals surface area contributed by atoms with Gasteiger partial charge >= 0.3 is 0 Å². The maximum atomic E-state index is 7.42. The predicted octanol–water partition coefficient (Wildman–Crippen LogP) is 0.151. The third-order valence-electron chi connectivity index (χ3n) is 2.14. The summed E-state index contributed by atoms with van der Waals surface area (Å²) in [6.07, 6.45) is 0. The molecule has 78 valence electrons. The molecule has 5 nitrogen and oxygen atoms in total. The van der Waals surface area contributed by atoms with E-state index in [-0.39, 0.29) is 5.84 Å². The Labute approximate surface area is 87.9 Å². The van der Waals surface area contributed by atoms with Crippen LogP contribution in [0.3, 0.4) is 0 Å². The smallest absolute Gasteiger partial charge is 0.196 e. The maximum Gasteiger partial charge on any atom is 0.196 e. The summed E-state index contributed by atoms with van der Waals surface area (Å²) in [4.78, 5) is 4.35. The zero-order valence-electron chi connectivity index (χ0n) is 8.25. The van der Waals surface area contributed by atoms with Crippen LogP contribution >= 0.6 is 0 Å². The average Bonchev–Trinajstić information content (AvgIpc) is 2.71. The Morgan fingerprint density at radius 3 is 2.60 bits per heavy atom. The average molecular weight is 203 g/mol. The van der Waals surface area contributed by atoms with Crippen LogP contribution in [0.4, 0.5) is 5.69 Å². The van der Waals surface area contributed by atoms with Gasteiger partial charge in [-0.05, 0) is 12.1 Å². The number of hydrogen-bond donors (Lipinski definition) is 4. The van der Waals surface area contributed by atoms with E-state index in [2.05, 4.69) is 15.6 Å². The van der Waals surface area contributed by atoms with Crippen LogP contribution in [0.15, 0.2) is 29.3 Å². The molecule has 0 radical (unpaired) electrons. The van der Waals surface area contributed by atoms with E-state index in [1.165, 1.54) is 0 Å². The fourth-order valence-corrected chi connectivity index (χ4v) is 1.42. The van der Waals surface area contributed by atoms with Crippen molar-refractivity contribution in [2.75, 3.05) is 13.1 Å². The number of guanidine groups is 1. The van der Waals surface area contributed by atoms with Crippen molar-refractivity contribution < 1.29 is 0 Å². The van der Waals surface area contributed by atoms with Gasteiger partial charge in [-0.1, -0.05) is 12.1 Å². The van der Waals surface area contributed by atoms with E-state index in [0.29, 0.717) is 11.3 Å². The van der Waals surface area contributed by atoms with Gasteiger partial charge in [-0.3, -0.25) is 5.41 Å². The topological polar surface area (TPSA) is 86.3 Å². The van der Waals surface area contributed by atoms with Gasteiger partial charge in [-0.15, -0.1) is 0 Å². The molecule has 0 atom stereocenters. The normalized spacial score (nSPS) is 14.3. The third kappa shape index (κ3) is 2.07. The molecule has 0 aromatic heterocycles. The first-order valence-electron chi connectivity index (χ1n) is 4.77. The molecule has 15 heavy (non-hydrogen) atoms. The lowest BCUT2D eigenvalue weighted by atomic mass is 10.1. The number of nitrogens with zero attached hydrogens (tertiary/aromatic N) is 1. The number of para-hydroxylation sites is 1. The molecule has 1 heterocycles. The second-order valence-corrected chi connectivity index (χ2v) is 3.24. The minimum atomic E-state index is 0.0351. The highest BCUT2D eigenvalue weighted by Crippen LogP contribution is 2.17. The molecule has 0 unspecified atom stereocenters. The van der Waals surface area contributed by atoms with Gasteiger partial charge in [0.1, 0.15) is 5.84 Å². The first-order chi connectivity index (χ1) is 7.27. The molecular formula is C10H13N5.